The van der Waals surface area contributed by atoms with Crippen molar-refractivity contribution in [1.82, 2.24) is 15.2 Å². The lowest BCUT2D eigenvalue weighted by Crippen LogP contribution is -2.27. The van der Waals surface area contributed by atoms with Gasteiger partial charge in [0.25, 0.3) is 0 Å². The van der Waals surface area contributed by atoms with Crippen LogP contribution in [-0.2, 0) is 19.5 Å². The van der Waals surface area contributed by atoms with Crippen molar-refractivity contribution >= 4 is 33.8 Å². The molecule has 0 spiro atoms. The molecule has 0 bridgehead atoms. The number of aromatic nitrogens is 1. The molecule has 3 heterocycles. The van der Waals surface area contributed by atoms with Gasteiger partial charge < -0.3 is 10.2 Å². The Morgan fingerprint density at radius 1 is 1.55 bits per heavy atom. The second kappa shape index (κ2) is 5.90. The topological polar surface area (TPSA) is 57.3 Å². The summed E-state index contributed by atoms with van der Waals surface area (Å²) < 4.78 is 0. The largest absolute Gasteiger partial charge is 0.333 e. The van der Waals surface area contributed by atoms with Gasteiger partial charge in [-0.15, -0.1) is 22.7 Å². The summed E-state index contributed by atoms with van der Waals surface area (Å²) in [6.45, 7) is 2.50. The van der Waals surface area contributed by atoms with E-state index in [1.807, 2.05) is 17.5 Å². The lowest BCUT2D eigenvalue weighted by atomic mass is 10.2. The maximum atomic E-state index is 11.8. The summed E-state index contributed by atoms with van der Waals surface area (Å²) in [5.41, 5.74) is 1.13. The number of anilines is 1. The molecule has 2 N–H and O–H groups in total. The highest BCUT2D eigenvalue weighted by molar-refractivity contribution is 7.15. The first kappa shape index (κ1) is 13.5. The van der Waals surface area contributed by atoms with Crippen LogP contribution in [0.15, 0.2) is 17.5 Å². The van der Waals surface area contributed by atoms with Crippen molar-refractivity contribution in [2.45, 2.75) is 19.5 Å². The van der Waals surface area contributed by atoms with E-state index in [1.165, 1.54) is 4.88 Å². The third-order valence-electron chi connectivity index (χ3n) is 3.15. The van der Waals surface area contributed by atoms with Gasteiger partial charge in [-0.05, 0) is 18.5 Å². The fraction of sp³-hybridized carbons (Fsp3) is 0.385. The first-order valence-electron chi connectivity index (χ1n) is 6.45. The third-order valence-corrected chi connectivity index (χ3v) is 5.02. The van der Waals surface area contributed by atoms with Gasteiger partial charge in [0.2, 0.25) is 0 Å². The van der Waals surface area contributed by atoms with Crippen molar-refractivity contribution in [3.8, 4) is 0 Å². The van der Waals surface area contributed by atoms with E-state index < -0.39 is 0 Å². The summed E-state index contributed by atoms with van der Waals surface area (Å²) in [7, 11) is 2.10. The Hall–Kier alpha value is -1.44. The van der Waals surface area contributed by atoms with Crippen LogP contribution in [0.4, 0.5) is 9.93 Å². The average molecular weight is 308 g/mol. The zero-order chi connectivity index (χ0) is 13.9. The highest BCUT2D eigenvalue weighted by atomic mass is 32.1. The summed E-state index contributed by atoms with van der Waals surface area (Å²) in [5.74, 6) is 0. The number of thiophene rings is 1. The van der Waals surface area contributed by atoms with Crippen LogP contribution < -0.4 is 10.6 Å². The van der Waals surface area contributed by atoms with Crippen LogP contribution in [0.5, 0.6) is 0 Å². The molecule has 106 valence electrons. The van der Waals surface area contributed by atoms with Crippen LogP contribution in [0.2, 0.25) is 0 Å². The first-order chi connectivity index (χ1) is 9.70. The van der Waals surface area contributed by atoms with E-state index in [-0.39, 0.29) is 6.03 Å². The van der Waals surface area contributed by atoms with Crippen molar-refractivity contribution < 1.29 is 4.79 Å². The van der Waals surface area contributed by atoms with E-state index in [9.17, 15) is 4.79 Å². The van der Waals surface area contributed by atoms with Crippen LogP contribution in [-0.4, -0.2) is 29.5 Å². The molecule has 0 unspecified atom stereocenters. The molecule has 0 fully saturated rings. The number of nitrogens with zero attached hydrogens (tertiary/aromatic N) is 2. The van der Waals surface area contributed by atoms with Gasteiger partial charge in [0, 0.05) is 29.3 Å². The summed E-state index contributed by atoms with van der Waals surface area (Å²) in [6, 6.07) is 3.78. The van der Waals surface area contributed by atoms with E-state index in [4.69, 9.17) is 0 Å². The number of urea groups is 1. The summed E-state index contributed by atoms with van der Waals surface area (Å²) >= 11 is 3.20. The molecule has 0 aromatic carbocycles. The number of amides is 2. The Labute approximate surface area is 125 Å². The van der Waals surface area contributed by atoms with Crippen LogP contribution in [0, 0.1) is 0 Å². The van der Waals surface area contributed by atoms with Gasteiger partial charge in [-0.25, -0.2) is 9.78 Å². The van der Waals surface area contributed by atoms with E-state index >= 15 is 0 Å². The quantitative estimate of drug-likeness (QED) is 0.916. The highest BCUT2D eigenvalue weighted by Gasteiger charge is 2.18. The third kappa shape index (κ3) is 3.17. The SMILES string of the molecule is CN1CCc2nc(NC(=O)NCc3cccs3)sc2C1. The van der Waals surface area contributed by atoms with Crippen LogP contribution in [0.1, 0.15) is 15.4 Å². The molecule has 0 saturated carbocycles. The van der Waals surface area contributed by atoms with Gasteiger partial charge in [-0.2, -0.15) is 0 Å². The number of thiazole rings is 1. The summed E-state index contributed by atoms with van der Waals surface area (Å²) in [5, 5.41) is 8.35. The van der Waals surface area contributed by atoms with Crippen LogP contribution in [0.25, 0.3) is 0 Å². The molecule has 0 atom stereocenters. The number of rotatable bonds is 3. The van der Waals surface area contributed by atoms with Gasteiger partial charge in [0.05, 0.1) is 12.2 Å². The lowest BCUT2D eigenvalue weighted by molar-refractivity contribution is 0.252. The van der Waals surface area contributed by atoms with Gasteiger partial charge in [-0.3, -0.25) is 5.32 Å². The number of nitrogens with one attached hydrogen (secondary N) is 2. The van der Waals surface area contributed by atoms with Gasteiger partial charge in [0.1, 0.15) is 0 Å². The molecule has 3 rings (SSSR count). The van der Waals surface area contributed by atoms with Crippen molar-refractivity contribution in [3.63, 3.8) is 0 Å². The van der Waals surface area contributed by atoms with Crippen LogP contribution in [0.3, 0.4) is 0 Å². The highest BCUT2D eigenvalue weighted by Crippen LogP contribution is 2.27. The molecule has 1 aliphatic rings. The zero-order valence-electron chi connectivity index (χ0n) is 11.2. The molecule has 20 heavy (non-hydrogen) atoms. The predicted molar refractivity (Wildman–Crippen MR) is 82.3 cm³/mol. The monoisotopic (exact) mass is 308 g/mol. The second-order valence-electron chi connectivity index (χ2n) is 4.76. The first-order valence-corrected chi connectivity index (χ1v) is 8.14. The van der Waals surface area contributed by atoms with Crippen LogP contribution >= 0.6 is 22.7 Å². The van der Waals surface area contributed by atoms with E-state index in [1.54, 1.807) is 22.7 Å². The molecule has 2 aromatic rings. The standard InChI is InChI=1S/C13H16N4OS2/c1-17-5-4-10-11(8-17)20-13(15-10)16-12(18)14-7-9-3-2-6-19-9/h2-3,6H,4-5,7-8H2,1H3,(H2,14,15,16,18). The number of hydrogen-bond acceptors (Lipinski definition) is 5. The predicted octanol–water partition coefficient (Wildman–Crippen LogP) is 2.51. The number of likely N-dealkylation sites (N-methyl/N-ethyl adjacent to an activating group) is 1. The minimum atomic E-state index is -0.196. The Kier molecular flexibility index (Phi) is 4.00. The van der Waals surface area contributed by atoms with E-state index in [2.05, 4.69) is 27.6 Å². The van der Waals surface area contributed by atoms with Crippen molar-refractivity contribution in [2.75, 3.05) is 18.9 Å². The van der Waals surface area contributed by atoms with Crippen molar-refractivity contribution in [3.05, 3.63) is 33.0 Å². The zero-order valence-corrected chi connectivity index (χ0v) is 12.8. The molecule has 2 amide bonds. The molecule has 7 heteroatoms. The second-order valence-corrected chi connectivity index (χ2v) is 6.88. The Bertz CT molecular complexity index is 594. The molecule has 1 aliphatic heterocycles. The molecule has 5 nitrogen and oxygen atoms in total. The molecular weight excluding hydrogens is 292 g/mol. The molecule has 0 saturated heterocycles. The molecule has 0 radical (unpaired) electrons. The van der Waals surface area contributed by atoms with Crippen molar-refractivity contribution in [2.24, 2.45) is 0 Å². The minimum absolute atomic E-state index is 0.196. The smallest absolute Gasteiger partial charge is 0.321 e. The Morgan fingerprint density at radius 2 is 2.45 bits per heavy atom. The van der Waals surface area contributed by atoms with E-state index in [0.29, 0.717) is 11.7 Å². The maximum absolute atomic E-state index is 11.8. The number of fused-ring (bicyclic) bond motifs is 1. The summed E-state index contributed by atoms with van der Waals surface area (Å²) in [6.07, 6.45) is 0.959. The number of carbonyl (C=O) groups excluding carboxylic acids is 1. The molecule has 0 aliphatic carbocycles. The molecule has 2 aromatic heterocycles. The Morgan fingerprint density at radius 3 is 3.25 bits per heavy atom. The number of hydrogen-bond donors (Lipinski definition) is 2. The fourth-order valence-electron chi connectivity index (χ4n) is 2.10. The van der Waals surface area contributed by atoms with Gasteiger partial charge in [-0.1, -0.05) is 6.07 Å². The summed E-state index contributed by atoms with van der Waals surface area (Å²) in [4.78, 5) is 21.0. The lowest BCUT2D eigenvalue weighted by Gasteiger charge is -2.20. The van der Waals surface area contributed by atoms with Gasteiger partial charge >= 0.3 is 6.03 Å². The van der Waals surface area contributed by atoms with Crippen molar-refractivity contribution in [1.29, 1.82) is 0 Å². The fourth-order valence-corrected chi connectivity index (χ4v) is 3.83. The Balaban J connectivity index is 1.56. The maximum Gasteiger partial charge on any atom is 0.321 e. The minimum Gasteiger partial charge on any atom is -0.333 e. The average Bonchev–Trinajstić information content (AvgIpc) is 3.04. The normalized spacial score (nSPS) is 14.8. The number of carbonyl (C=O) groups is 1. The van der Waals surface area contributed by atoms with Gasteiger partial charge in [0.15, 0.2) is 5.13 Å². The van der Waals surface area contributed by atoms with E-state index in [0.717, 1.165) is 30.1 Å². The molecular formula is C13H16N4OS2.